The van der Waals surface area contributed by atoms with E-state index in [1.54, 1.807) is 4.68 Å². The summed E-state index contributed by atoms with van der Waals surface area (Å²) >= 11 is 0. The Morgan fingerprint density at radius 2 is 1.84 bits per heavy atom. The average molecular weight is 523 g/mol. The summed E-state index contributed by atoms with van der Waals surface area (Å²) in [6.45, 7) is 10.5. The Morgan fingerprint density at radius 3 is 2.41 bits per heavy atom. The minimum absolute atomic E-state index is 0.00740. The third-order valence-corrected chi connectivity index (χ3v) is 6.19. The zero-order valence-electron chi connectivity index (χ0n) is 22.1. The maximum atomic E-state index is 12.1. The van der Waals surface area contributed by atoms with Gasteiger partial charge in [-0.05, 0) is 59.2 Å². The van der Waals surface area contributed by atoms with Crippen molar-refractivity contribution in [2.45, 2.75) is 90.3 Å². The monoisotopic (exact) mass is 522 g/mol. The molecule has 5 atom stereocenters. The molecule has 0 radical (unpaired) electrons. The van der Waals surface area contributed by atoms with Gasteiger partial charge in [-0.1, -0.05) is 12.1 Å². The normalized spacial score (nSPS) is 24.8. The number of benzene rings is 1. The summed E-state index contributed by atoms with van der Waals surface area (Å²) in [4.78, 5) is 12.1. The van der Waals surface area contributed by atoms with Crippen LogP contribution in [0, 0.1) is 6.92 Å². The second kappa shape index (κ2) is 11.8. The largest absolute Gasteiger partial charge is 0.491 e. The highest BCUT2D eigenvalue weighted by Gasteiger charge is 2.56. The molecule has 0 spiro atoms. The van der Waals surface area contributed by atoms with Crippen LogP contribution >= 0.6 is 0 Å². The van der Waals surface area contributed by atoms with Crippen molar-refractivity contribution in [1.82, 2.24) is 9.78 Å². The number of hydrogen-bond donors (Lipinski definition) is 4. The molecule has 1 aromatic heterocycles. The van der Waals surface area contributed by atoms with Gasteiger partial charge in [0.25, 0.3) is 0 Å². The van der Waals surface area contributed by atoms with Crippen molar-refractivity contribution >= 4 is 5.97 Å². The highest BCUT2D eigenvalue weighted by molar-refractivity contribution is 5.80. The molecule has 1 aliphatic heterocycles. The number of hydrogen-bond acceptors (Lipinski definition) is 10. The van der Waals surface area contributed by atoms with E-state index >= 15 is 0 Å². The topological polar surface area (TPSA) is 153 Å². The molecule has 1 unspecified atom stereocenters. The maximum Gasteiger partial charge on any atom is 0.343 e. The van der Waals surface area contributed by atoms with E-state index in [1.165, 1.54) is 6.92 Å². The van der Waals surface area contributed by atoms with Crippen molar-refractivity contribution in [3.8, 4) is 11.6 Å². The number of rotatable bonds is 10. The van der Waals surface area contributed by atoms with E-state index in [9.17, 15) is 25.2 Å². The van der Waals surface area contributed by atoms with Gasteiger partial charge in [-0.15, -0.1) is 5.10 Å². The quantitative estimate of drug-likeness (QED) is 0.265. The lowest BCUT2D eigenvalue weighted by atomic mass is 9.87. The second-order valence-corrected chi connectivity index (χ2v) is 9.76. The van der Waals surface area contributed by atoms with E-state index < -0.39 is 42.8 Å². The molecule has 3 rings (SSSR count). The van der Waals surface area contributed by atoms with Crippen LogP contribution in [0.2, 0.25) is 0 Å². The molecule has 0 amide bonds. The summed E-state index contributed by atoms with van der Waals surface area (Å²) in [6, 6.07) is 7.64. The minimum Gasteiger partial charge on any atom is -0.491 e. The number of aliphatic hydroxyl groups excluding tert-OH is 3. The third kappa shape index (κ3) is 6.24. The first kappa shape index (κ1) is 28.9. The van der Waals surface area contributed by atoms with E-state index in [0.717, 1.165) is 22.6 Å². The fourth-order valence-electron chi connectivity index (χ4n) is 4.23. The molecule has 1 aliphatic rings. The molecule has 11 heteroatoms. The van der Waals surface area contributed by atoms with Crippen molar-refractivity contribution in [2.75, 3.05) is 13.2 Å². The van der Waals surface area contributed by atoms with Gasteiger partial charge in [0.05, 0.1) is 19.3 Å². The van der Waals surface area contributed by atoms with Crippen LogP contribution in [-0.2, 0) is 20.7 Å². The first-order valence-electron chi connectivity index (χ1n) is 12.4. The number of nitrogens with zero attached hydrogens (tertiary/aromatic N) is 2. The van der Waals surface area contributed by atoms with Crippen LogP contribution in [-0.4, -0.2) is 85.7 Å². The number of esters is 1. The first-order valence-corrected chi connectivity index (χ1v) is 12.4. The summed E-state index contributed by atoms with van der Waals surface area (Å²) in [5.41, 5.74) is 0.0457. The van der Waals surface area contributed by atoms with Crippen molar-refractivity contribution in [3.63, 3.8) is 0 Å². The minimum atomic E-state index is -2.47. The number of aromatic nitrogens is 2. The number of carbonyl (C=O) groups is 1. The van der Waals surface area contributed by atoms with Crippen LogP contribution in [0.4, 0.5) is 0 Å². The summed E-state index contributed by atoms with van der Waals surface area (Å²) < 4.78 is 23.4. The van der Waals surface area contributed by atoms with Crippen LogP contribution in [0.1, 0.15) is 57.5 Å². The summed E-state index contributed by atoms with van der Waals surface area (Å²) in [7, 11) is 0. The first-order chi connectivity index (χ1) is 17.4. The molecule has 1 aromatic carbocycles. The van der Waals surface area contributed by atoms with Gasteiger partial charge in [-0.3, -0.25) is 4.68 Å². The summed E-state index contributed by atoms with van der Waals surface area (Å²) in [6.07, 6.45) is -6.53. The van der Waals surface area contributed by atoms with Crippen LogP contribution in [0.5, 0.6) is 11.6 Å². The van der Waals surface area contributed by atoms with Gasteiger partial charge < -0.3 is 39.4 Å². The Bertz CT molecular complexity index is 1050. The van der Waals surface area contributed by atoms with Gasteiger partial charge in [-0.2, -0.15) is 0 Å². The highest BCUT2D eigenvalue weighted by Crippen LogP contribution is 2.31. The lowest BCUT2D eigenvalue weighted by molar-refractivity contribution is -0.272. The molecule has 0 aliphatic carbocycles. The average Bonchev–Trinajstić information content (AvgIpc) is 3.13. The molecule has 206 valence electrons. The standard InChI is InChI=1S/C26H38N2O9/c1-7-34-25(32)26(33)13-35-21(20(29)22(26)30)24(31)37-23-19(16(6)28(27-23)14(2)3)12-17-8-10-18(11-9-17)36-15(4)5/h8-11,14-15,20-22,24,29-31,33H,7,12-13H2,1-6H3/t20-,21+,22+,24?,26+/m1/s1. The number of aliphatic hydroxyl groups is 4. The number of ether oxygens (including phenoxy) is 4. The lowest BCUT2D eigenvalue weighted by Gasteiger charge is -2.42. The second-order valence-electron chi connectivity index (χ2n) is 9.76. The van der Waals surface area contributed by atoms with E-state index in [2.05, 4.69) is 5.10 Å². The Kier molecular flexibility index (Phi) is 9.19. The van der Waals surface area contributed by atoms with Crippen molar-refractivity contribution < 1.29 is 44.2 Å². The molecule has 1 fully saturated rings. The lowest BCUT2D eigenvalue weighted by Crippen LogP contribution is -2.67. The Labute approximate surface area is 216 Å². The van der Waals surface area contributed by atoms with Crippen LogP contribution < -0.4 is 9.47 Å². The maximum absolute atomic E-state index is 12.1. The Balaban J connectivity index is 1.81. The van der Waals surface area contributed by atoms with Crippen LogP contribution in [0.15, 0.2) is 24.3 Å². The van der Waals surface area contributed by atoms with Gasteiger partial charge in [0, 0.05) is 23.7 Å². The van der Waals surface area contributed by atoms with Gasteiger partial charge in [-0.25, -0.2) is 4.79 Å². The van der Waals surface area contributed by atoms with E-state index in [1.807, 2.05) is 58.9 Å². The fraction of sp³-hybridized carbons (Fsp3) is 0.615. The number of carbonyl (C=O) groups excluding carboxylic acids is 1. The van der Waals surface area contributed by atoms with Crippen molar-refractivity contribution in [2.24, 2.45) is 0 Å². The Hall–Kier alpha value is -2.70. The van der Waals surface area contributed by atoms with Gasteiger partial charge >= 0.3 is 5.97 Å². The third-order valence-electron chi connectivity index (χ3n) is 6.19. The predicted molar refractivity (Wildman–Crippen MR) is 132 cm³/mol. The van der Waals surface area contributed by atoms with E-state index in [4.69, 9.17) is 18.9 Å². The molecule has 1 saturated heterocycles. The van der Waals surface area contributed by atoms with Gasteiger partial charge in [0.1, 0.15) is 24.1 Å². The molecule has 37 heavy (non-hydrogen) atoms. The van der Waals surface area contributed by atoms with Crippen LogP contribution in [0.25, 0.3) is 0 Å². The molecule has 4 N–H and O–H groups in total. The summed E-state index contributed by atoms with van der Waals surface area (Å²) in [5, 5.41) is 46.8. The van der Waals surface area contributed by atoms with Crippen LogP contribution in [0.3, 0.4) is 0 Å². The molecule has 2 heterocycles. The Morgan fingerprint density at radius 1 is 1.19 bits per heavy atom. The molecular weight excluding hydrogens is 484 g/mol. The highest BCUT2D eigenvalue weighted by atomic mass is 16.6. The fourth-order valence-corrected chi connectivity index (χ4v) is 4.23. The van der Waals surface area contributed by atoms with E-state index in [-0.39, 0.29) is 24.6 Å². The smallest absolute Gasteiger partial charge is 0.343 e. The van der Waals surface area contributed by atoms with E-state index in [0.29, 0.717) is 6.42 Å². The molecule has 0 saturated carbocycles. The predicted octanol–water partition coefficient (Wildman–Crippen LogP) is 1.26. The van der Waals surface area contributed by atoms with Gasteiger partial charge in [0.15, 0.2) is 0 Å². The zero-order valence-corrected chi connectivity index (χ0v) is 22.1. The van der Waals surface area contributed by atoms with Crippen molar-refractivity contribution in [1.29, 1.82) is 0 Å². The summed E-state index contributed by atoms with van der Waals surface area (Å²) in [5.74, 6) is -0.239. The molecular formula is C26H38N2O9. The van der Waals surface area contributed by atoms with Crippen molar-refractivity contribution in [3.05, 3.63) is 41.1 Å². The molecule has 0 bridgehead atoms. The zero-order chi connectivity index (χ0) is 27.5. The molecule has 2 aromatic rings. The SMILES string of the molecule is CCOC(=O)[C@]1(O)CO[C@H](C(O)Oc2nn(C(C)C)c(C)c2Cc2ccc(OC(C)C)cc2)[C@@H](O)[C@@H]1O. The molecule has 11 nitrogen and oxygen atoms in total. The van der Waals surface area contributed by atoms with Gasteiger partial charge in [0.2, 0.25) is 17.8 Å².